The normalized spacial score (nSPS) is 20.8. The number of alkyl halides is 1. The van der Waals surface area contributed by atoms with Crippen LogP contribution in [0.5, 0.6) is 0 Å². The summed E-state index contributed by atoms with van der Waals surface area (Å²) >= 11 is 6.33. The molecule has 0 saturated heterocycles. The first-order chi connectivity index (χ1) is 8.13. The minimum Gasteiger partial charge on any atom is -0.297 e. The zero-order valence-electron chi connectivity index (χ0n) is 10.3. The summed E-state index contributed by atoms with van der Waals surface area (Å²) in [5.41, 5.74) is 0.714. The van der Waals surface area contributed by atoms with Crippen LogP contribution in [-0.2, 0) is 4.79 Å². The van der Waals surface area contributed by atoms with Gasteiger partial charge in [-0.1, -0.05) is 56.5 Å². The molecule has 1 aromatic rings. The molecular formula is C15H19ClO. The molecular weight excluding hydrogens is 232 g/mol. The Morgan fingerprint density at radius 1 is 1.18 bits per heavy atom. The van der Waals surface area contributed by atoms with Crippen LogP contribution in [0, 0.1) is 5.41 Å². The van der Waals surface area contributed by atoms with Crippen LogP contribution in [0.3, 0.4) is 0 Å². The van der Waals surface area contributed by atoms with Crippen molar-refractivity contribution in [2.75, 3.05) is 0 Å². The first kappa shape index (κ1) is 12.6. The van der Waals surface area contributed by atoms with Crippen LogP contribution in [0.25, 0.3) is 0 Å². The lowest BCUT2D eigenvalue weighted by molar-refractivity contribution is -0.129. The summed E-state index contributed by atoms with van der Waals surface area (Å²) in [4.78, 5) is 12.5. The zero-order valence-corrected chi connectivity index (χ0v) is 11.0. The van der Waals surface area contributed by atoms with E-state index in [0.29, 0.717) is 0 Å². The van der Waals surface area contributed by atoms with E-state index in [2.05, 4.69) is 6.92 Å². The van der Waals surface area contributed by atoms with Crippen molar-refractivity contribution in [3.05, 3.63) is 35.9 Å². The SMILES string of the molecule is CC1(C(=O)C(Cl)c2ccccc2)CCCCC1. The average molecular weight is 251 g/mol. The lowest BCUT2D eigenvalue weighted by Crippen LogP contribution is -2.32. The molecule has 0 aliphatic heterocycles. The number of benzene rings is 1. The minimum atomic E-state index is -0.487. The maximum atomic E-state index is 12.5. The molecule has 0 aromatic heterocycles. The van der Waals surface area contributed by atoms with Gasteiger partial charge in [-0.3, -0.25) is 4.79 Å². The summed E-state index contributed by atoms with van der Waals surface area (Å²) in [6.07, 6.45) is 5.53. The van der Waals surface area contributed by atoms with Crippen LogP contribution < -0.4 is 0 Å². The van der Waals surface area contributed by atoms with Gasteiger partial charge in [-0.15, -0.1) is 11.6 Å². The third-order valence-corrected chi connectivity index (χ3v) is 4.32. The number of carbonyl (C=O) groups excluding carboxylic acids is 1. The molecule has 0 radical (unpaired) electrons. The Labute approximate surface area is 108 Å². The highest BCUT2D eigenvalue weighted by Crippen LogP contribution is 2.41. The van der Waals surface area contributed by atoms with Crippen molar-refractivity contribution < 1.29 is 4.79 Å². The average Bonchev–Trinajstić information content (AvgIpc) is 2.39. The summed E-state index contributed by atoms with van der Waals surface area (Å²) in [6, 6.07) is 9.67. The Morgan fingerprint density at radius 3 is 2.35 bits per heavy atom. The van der Waals surface area contributed by atoms with Gasteiger partial charge in [0.1, 0.15) is 5.38 Å². The van der Waals surface area contributed by atoms with E-state index in [-0.39, 0.29) is 11.2 Å². The molecule has 0 amide bonds. The molecule has 1 fully saturated rings. The van der Waals surface area contributed by atoms with Gasteiger partial charge < -0.3 is 0 Å². The van der Waals surface area contributed by atoms with Crippen molar-refractivity contribution >= 4 is 17.4 Å². The van der Waals surface area contributed by atoms with Gasteiger partial charge in [-0.2, -0.15) is 0 Å². The van der Waals surface area contributed by atoms with E-state index in [1.165, 1.54) is 6.42 Å². The number of rotatable bonds is 3. The van der Waals surface area contributed by atoms with Gasteiger partial charge in [0.2, 0.25) is 0 Å². The Balaban J connectivity index is 2.14. The molecule has 92 valence electrons. The first-order valence-corrected chi connectivity index (χ1v) is 6.80. The molecule has 2 heteroatoms. The zero-order chi connectivity index (χ0) is 12.3. The topological polar surface area (TPSA) is 17.1 Å². The second-order valence-corrected chi connectivity index (χ2v) is 5.70. The molecule has 1 atom stereocenters. The molecule has 0 N–H and O–H groups in total. The predicted molar refractivity (Wildman–Crippen MR) is 71.2 cm³/mol. The van der Waals surface area contributed by atoms with Crippen molar-refractivity contribution in [1.82, 2.24) is 0 Å². The number of Topliss-reactive ketones (excluding diaryl/α,β-unsaturated/α-hetero) is 1. The summed E-state index contributed by atoms with van der Waals surface area (Å²) in [7, 11) is 0. The fourth-order valence-electron chi connectivity index (χ4n) is 2.66. The fraction of sp³-hybridized carbons (Fsp3) is 0.533. The second kappa shape index (κ2) is 5.22. The van der Waals surface area contributed by atoms with Crippen molar-refractivity contribution in [1.29, 1.82) is 0 Å². The van der Waals surface area contributed by atoms with Crippen LogP contribution in [0.2, 0.25) is 0 Å². The summed E-state index contributed by atoms with van der Waals surface area (Å²) in [5, 5.41) is -0.487. The van der Waals surface area contributed by atoms with Crippen LogP contribution in [0.1, 0.15) is 50.0 Å². The lowest BCUT2D eigenvalue weighted by Gasteiger charge is -2.33. The third-order valence-electron chi connectivity index (χ3n) is 3.87. The van der Waals surface area contributed by atoms with Crippen molar-refractivity contribution in [3.8, 4) is 0 Å². The number of carbonyl (C=O) groups is 1. The Bertz CT molecular complexity index is 379. The van der Waals surface area contributed by atoms with Gasteiger partial charge in [0, 0.05) is 5.41 Å². The molecule has 1 aliphatic carbocycles. The summed E-state index contributed by atoms with van der Waals surface area (Å²) in [5.74, 6) is 0.199. The van der Waals surface area contributed by atoms with Gasteiger partial charge in [0.25, 0.3) is 0 Å². The number of ketones is 1. The van der Waals surface area contributed by atoms with E-state index in [1.54, 1.807) is 0 Å². The van der Waals surface area contributed by atoms with Crippen molar-refractivity contribution in [2.45, 2.75) is 44.4 Å². The maximum Gasteiger partial charge on any atom is 0.160 e. The van der Waals surface area contributed by atoms with E-state index in [9.17, 15) is 4.79 Å². The molecule has 1 saturated carbocycles. The Morgan fingerprint density at radius 2 is 1.76 bits per heavy atom. The predicted octanol–water partition coefficient (Wildman–Crippen LogP) is 4.51. The highest BCUT2D eigenvalue weighted by molar-refractivity contribution is 6.31. The molecule has 1 unspecified atom stereocenters. The Kier molecular flexibility index (Phi) is 3.88. The van der Waals surface area contributed by atoms with Crippen LogP contribution in [0.15, 0.2) is 30.3 Å². The molecule has 2 rings (SSSR count). The third kappa shape index (κ3) is 2.71. The second-order valence-electron chi connectivity index (χ2n) is 5.26. The van der Waals surface area contributed by atoms with Gasteiger partial charge in [0.15, 0.2) is 5.78 Å². The van der Waals surface area contributed by atoms with Gasteiger partial charge in [0.05, 0.1) is 0 Å². The summed E-state index contributed by atoms with van der Waals surface area (Å²) in [6.45, 7) is 2.08. The molecule has 1 nitrogen and oxygen atoms in total. The van der Waals surface area contributed by atoms with Crippen molar-refractivity contribution in [2.24, 2.45) is 5.41 Å². The van der Waals surface area contributed by atoms with E-state index in [1.807, 2.05) is 30.3 Å². The molecule has 17 heavy (non-hydrogen) atoms. The quantitative estimate of drug-likeness (QED) is 0.722. The van der Waals surface area contributed by atoms with E-state index in [4.69, 9.17) is 11.6 Å². The Hall–Kier alpha value is -0.820. The molecule has 1 aromatic carbocycles. The van der Waals surface area contributed by atoms with Gasteiger partial charge >= 0.3 is 0 Å². The maximum absolute atomic E-state index is 12.5. The van der Waals surface area contributed by atoms with Crippen LogP contribution >= 0.6 is 11.6 Å². The van der Waals surface area contributed by atoms with Crippen molar-refractivity contribution in [3.63, 3.8) is 0 Å². The number of hydrogen-bond acceptors (Lipinski definition) is 1. The van der Waals surface area contributed by atoms with E-state index >= 15 is 0 Å². The smallest absolute Gasteiger partial charge is 0.160 e. The van der Waals surface area contributed by atoms with E-state index < -0.39 is 5.38 Å². The first-order valence-electron chi connectivity index (χ1n) is 6.37. The number of hydrogen-bond donors (Lipinski definition) is 0. The number of halogens is 1. The highest BCUT2D eigenvalue weighted by atomic mass is 35.5. The highest BCUT2D eigenvalue weighted by Gasteiger charge is 2.38. The standard InChI is InChI=1S/C15H19ClO/c1-15(10-6-3-7-11-15)14(17)13(16)12-8-4-2-5-9-12/h2,4-5,8-9,13H,3,6-7,10-11H2,1H3. The molecule has 0 heterocycles. The lowest BCUT2D eigenvalue weighted by atomic mass is 9.71. The molecule has 1 aliphatic rings. The monoisotopic (exact) mass is 250 g/mol. The minimum absolute atomic E-state index is 0.199. The van der Waals surface area contributed by atoms with Crippen LogP contribution in [0.4, 0.5) is 0 Å². The van der Waals surface area contributed by atoms with Gasteiger partial charge in [-0.25, -0.2) is 0 Å². The summed E-state index contributed by atoms with van der Waals surface area (Å²) < 4.78 is 0. The van der Waals surface area contributed by atoms with E-state index in [0.717, 1.165) is 31.2 Å². The fourth-order valence-corrected chi connectivity index (χ4v) is 3.07. The molecule has 0 bridgehead atoms. The largest absolute Gasteiger partial charge is 0.297 e. The van der Waals surface area contributed by atoms with Crippen LogP contribution in [-0.4, -0.2) is 5.78 Å². The van der Waals surface area contributed by atoms with Gasteiger partial charge in [-0.05, 0) is 18.4 Å². The molecule has 0 spiro atoms.